The molecule has 2 saturated heterocycles. The van der Waals surface area contributed by atoms with Crippen LogP contribution in [0.5, 0.6) is 0 Å². The van der Waals surface area contributed by atoms with Crippen molar-refractivity contribution in [1.82, 2.24) is 4.90 Å². The first-order chi connectivity index (χ1) is 13.5. The number of amides is 4. The molecule has 2 atom stereocenters. The van der Waals surface area contributed by atoms with Gasteiger partial charge in [-0.1, -0.05) is 18.9 Å². The van der Waals surface area contributed by atoms with Crippen molar-refractivity contribution in [1.29, 1.82) is 0 Å². The van der Waals surface area contributed by atoms with E-state index in [1.54, 1.807) is 29.2 Å². The van der Waals surface area contributed by atoms with E-state index in [9.17, 15) is 19.2 Å². The highest BCUT2D eigenvalue weighted by Crippen LogP contribution is 2.40. The number of carbonyl (C=O) groups excluding carboxylic acids is 4. The number of hydrogen-bond acceptors (Lipinski definition) is 4. The van der Waals surface area contributed by atoms with Crippen molar-refractivity contribution in [2.24, 2.45) is 23.5 Å². The number of likely N-dealkylation sites (tertiary alicyclic amines) is 1. The van der Waals surface area contributed by atoms with Crippen LogP contribution in [-0.4, -0.2) is 41.6 Å². The lowest BCUT2D eigenvalue weighted by molar-refractivity contribution is -0.123. The van der Waals surface area contributed by atoms with Crippen LogP contribution in [0.1, 0.15) is 48.9 Å². The second-order valence-electron chi connectivity index (χ2n) is 8.03. The smallest absolute Gasteiger partial charge is 0.253 e. The predicted molar refractivity (Wildman–Crippen MR) is 102 cm³/mol. The van der Waals surface area contributed by atoms with E-state index in [4.69, 9.17) is 5.73 Å². The van der Waals surface area contributed by atoms with Crippen LogP contribution in [0.3, 0.4) is 0 Å². The van der Waals surface area contributed by atoms with Crippen LogP contribution in [0.25, 0.3) is 0 Å². The van der Waals surface area contributed by atoms with E-state index in [1.807, 2.05) is 0 Å². The third kappa shape index (κ3) is 3.19. The molecule has 4 amide bonds. The van der Waals surface area contributed by atoms with Gasteiger partial charge in [0.15, 0.2) is 0 Å². The first-order valence-electron chi connectivity index (χ1n) is 10.0. The lowest BCUT2D eigenvalue weighted by Gasteiger charge is -2.30. The number of rotatable bonds is 3. The average Bonchev–Trinajstić information content (AvgIpc) is 2.98. The number of benzene rings is 1. The van der Waals surface area contributed by atoms with E-state index in [2.05, 4.69) is 0 Å². The molecule has 2 N–H and O–H groups in total. The van der Waals surface area contributed by atoms with Crippen molar-refractivity contribution in [3.63, 3.8) is 0 Å². The molecule has 148 valence electrons. The van der Waals surface area contributed by atoms with Crippen molar-refractivity contribution < 1.29 is 19.2 Å². The number of piperidine rings is 1. The van der Waals surface area contributed by atoms with Gasteiger partial charge in [-0.05, 0) is 43.9 Å². The minimum atomic E-state index is -0.318. The number of anilines is 1. The van der Waals surface area contributed by atoms with Crippen LogP contribution in [0.2, 0.25) is 0 Å². The van der Waals surface area contributed by atoms with Crippen molar-refractivity contribution in [2.75, 3.05) is 18.0 Å². The molecule has 0 spiro atoms. The van der Waals surface area contributed by atoms with Gasteiger partial charge in [0.2, 0.25) is 17.7 Å². The Morgan fingerprint density at radius 3 is 2.11 bits per heavy atom. The molecule has 0 bridgehead atoms. The Labute approximate surface area is 163 Å². The minimum absolute atomic E-state index is 0.137. The number of fused-ring (bicyclic) bond motifs is 1. The molecule has 1 aliphatic carbocycles. The SMILES string of the molecule is NC(=O)C1CCN(C(=O)c2cccc(N3C(=O)C4CCCCC4C3=O)c2)CC1. The van der Waals surface area contributed by atoms with Crippen LogP contribution in [0.15, 0.2) is 24.3 Å². The molecule has 7 heteroatoms. The maximum absolute atomic E-state index is 12.9. The van der Waals surface area contributed by atoms with Crippen LogP contribution in [-0.2, 0) is 14.4 Å². The first-order valence-corrected chi connectivity index (χ1v) is 10.0. The maximum Gasteiger partial charge on any atom is 0.253 e. The van der Waals surface area contributed by atoms with Crippen LogP contribution in [0, 0.1) is 17.8 Å². The molecule has 2 aliphatic heterocycles. The van der Waals surface area contributed by atoms with Crippen molar-refractivity contribution in [3.8, 4) is 0 Å². The summed E-state index contributed by atoms with van der Waals surface area (Å²) in [6.07, 6.45) is 4.61. The van der Waals surface area contributed by atoms with Crippen molar-refractivity contribution >= 4 is 29.3 Å². The number of nitrogens with two attached hydrogens (primary N) is 1. The minimum Gasteiger partial charge on any atom is -0.369 e. The number of carbonyl (C=O) groups is 4. The third-order valence-corrected chi connectivity index (χ3v) is 6.38. The molecule has 0 aromatic heterocycles. The molecule has 2 unspecified atom stereocenters. The Morgan fingerprint density at radius 1 is 0.929 bits per heavy atom. The molecule has 28 heavy (non-hydrogen) atoms. The molecule has 1 aromatic rings. The fourth-order valence-corrected chi connectivity index (χ4v) is 4.74. The van der Waals surface area contributed by atoms with Gasteiger partial charge in [-0.25, -0.2) is 0 Å². The lowest BCUT2D eigenvalue weighted by atomic mass is 9.81. The molecule has 3 aliphatic rings. The molecule has 7 nitrogen and oxygen atoms in total. The maximum atomic E-state index is 12.9. The van der Waals surface area contributed by atoms with Crippen molar-refractivity contribution in [2.45, 2.75) is 38.5 Å². The summed E-state index contributed by atoms with van der Waals surface area (Å²) < 4.78 is 0. The Kier molecular flexibility index (Phi) is 4.91. The van der Waals surface area contributed by atoms with Gasteiger partial charge in [-0.2, -0.15) is 0 Å². The van der Waals surface area contributed by atoms with Gasteiger partial charge in [0.1, 0.15) is 0 Å². The first kappa shape index (κ1) is 18.7. The molecule has 2 heterocycles. The van der Waals surface area contributed by atoms with Crippen LogP contribution < -0.4 is 10.6 Å². The number of nitrogens with zero attached hydrogens (tertiary/aromatic N) is 2. The molecular formula is C21H25N3O4. The zero-order chi connectivity index (χ0) is 19.8. The molecular weight excluding hydrogens is 358 g/mol. The van der Waals surface area contributed by atoms with Gasteiger partial charge in [0.25, 0.3) is 5.91 Å². The standard InChI is InChI=1S/C21H25N3O4/c22-18(25)13-8-10-23(11-9-13)19(26)14-4-3-5-15(12-14)24-20(27)16-6-1-2-7-17(16)21(24)28/h3-5,12-13,16-17H,1-2,6-11H2,(H2,22,25). The van der Waals surface area contributed by atoms with Gasteiger partial charge < -0.3 is 10.6 Å². The summed E-state index contributed by atoms with van der Waals surface area (Å²) in [4.78, 5) is 52.8. The van der Waals surface area contributed by atoms with Crippen LogP contribution in [0.4, 0.5) is 5.69 Å². The molecule has 4 rings (SSSR count). The lowest BCUT2D eigenvalue weighted by Crippen LogP contribution is -2.41. The Bertz CT molecular complexity index is 805. The molecule has 3 fully saturated rings. The Hall–Kier alpha value is -2.70. The molecule has 1 saturated carbocycles. The summed E-state index contributed by atoms with van der Waals surface area (Å²) in [6.45, 7) is 0.949. The fourth-order valence-electron chi connectivity index (χ4n) is 4.74. The van der Waals surface area contributed by atoms with Gasteiger partial charge in [0.05, 0.1) is 17.5 Å². The number of imide groups is 1. The monoisotopic (exact) mass is 383 g/mol. The summed E-state index contributed by atoms with van der Waals surface area (Å²) in [5.41, 5.74) is 6.28. The molecule has 0 radical (unpaired) electrons. The van der Waals surface area contributed by atoms with Gasteiger partial charge >= 0.3 is 0 Å². The Balaban J connectivity index is 1.52. The largest absolute Gasteiger partial charge is 0.369 e. The highest BCUT2D eigenvalue weighted by atomic mass is 16.2. The van der Waals surface area contributed by atoms with Gasteiger partial charge in [0, 0.05) is 24.6 Å². The third-order valence-electron chi connectivity index (χ3n) is 6.38. The van der Waals surface area contributed by atoms with Crippen LogP contribution >= 0.6 is 0 Å². The highest BCUT2D eigenvalue weighted by molar-refractivity contribution is 6.22. The molecule has 1 aromatic carbocycles. The topological polar surface area (TPSA) is 101 Å². The Morgan fingerprint density at radius 2 is 1.54 bits per heavy atom. The number of primary amides is 1. The number of hydrogen-bond donors (Lipinski definition) is 1. The van der Waals surface area contributed by atoms with E-state index in [0.717, 1.165) is 25.7 Å². The van der Waals surface area contributed by atoms with E-state index < -0.39 is 0 Å². The summed E-state index contributed by atoms with van der Waals surface area (Å²) in [7, 11) is 0. The second-order valence-corrected chi connectivity index (χ2v) is 8.03. The second kappa shape index (κ2) is 7.37. The van der Waals surface area contributed by atoms with E-state index in [-0.39, 0.29) is 41.4 Å². The normalized spacial score (nSPS) is 25.7. The van der Waals surface area contributed by atoms with E-state index in [1.165, 1.54) is 4.90 Å². The quantitative estimate of drug-likeness (QED) is 0.803. The predicted octanol–water partition coefficient (Wildman–Crippen LogP) is 1.70. The summed E-state index contributed by atoms with van der Waals surface area (Å²) >= 11 is 0. The van der Waals surface area contributed by atoms with E-state index >= 15 is 0 Å². The fraction of sp³-hybridized carbons (Fsp3) is 0.524. The van der Waals surface area contributed by atoms with Crippen molar-refractivity contribution in [3.05, 3.63) is 29.8 Å². The highest BCUT2D eigenvalue weighted by Gasteiger charge is 2.48. The zero-order valence-corrected chi connectivity index (χ0v) is 15.8. The average molecular weight is 383 g/mol. The summed E-state index contributed by atoms with van der Waals surface area (Å²) in [5, 5.41) is 0. The zero-order valence-electron chi connectivity index (χ0n) is 15.8. The summed E-state index contributed by atoms with van der Waals surface area (Å²) in [6, 6.07) is 6.75. The van der Waals surface area contributed by atoms with E-state index in [0.29, 0.717) is 37.2 Å². The van der Waals surface area contributed by atoms with Gasteiger partial charge in [-0.3, -0.25) is 24.1 Å². The summed E-state index contributed by atoms with van der Waals surface area (Å²) in [5.74, 6) is -1.36. The van der Waals surface area contributed by atoms with Gasteiger partial charge in [-0.15, -0.1) is 0 Å².